The molecule has 2 heterocycles. The van der Waals surface area contributed by atoms with E-state index >= 15 is 0 Å². The first-order valence-electron chi connectivity index (χ1n) is 11.1. The number of para-hydroxylation sites is 1. The largest absolute Gasteiger partial charge is 0.341 e. The summed E-state index contributed by atoms with van der Waals surface area (Å²) in [6.07, 6.45) is 4.31. The first-order valence-corrected chi connectivity index (χ1v) is 11.1. The van der Waals surface area contributed by atoms with Gasteiger partial charge < -0.3 is 15.5 Å². The van der Waals surface area contributed by atoms with Gasteiger partial charge in [0.15, 0.2) is 0 Å². The second-order valence-electron chi connectivity index (χ2n) is 9.03. The van der Waals surface area contributed by atoms with Gasteiger partial charge in [-0.1, -0.05) is 62.4 Å². The van der Waals surface area contributed by atoms with Gasteiger partial charge in [0.25, 0.3) is 0 Å². The van der Waals surface area contributed by atoms with E-state index in [1.165, 1.54) is 6.08 Å². The van der Waals surface area contributed by atoms with E-state index < -0.39 is 11.5 Å². The van der Waals surface area contributed by atoms with Crippen LogP contribution < -0.4 is 10.6 Å². The number of hydrogen-bond acceptors (Lipinski definition) is 3. The lowest BCUT2D eigenvalue weighted by Crippen LogP contribution is -2.49. The molecular formula is C26H29N3O3. The van der Waals surface area contributed by atoms with Gasteiger partial charge in [0, 0.05) is 24.9 Å². The number of anilines is 1. The minimum atomic E-state index is -0.703. The second kappa shape index (κ2) is 8.99. The van der Waals surface area contributed by atoms with Crippen molar-refractivity contribution in [1.82, 2.24) is 10.2 Å². The van der Waals surface area contributed by atoms with Crippen LogP contribution >= 0.6 is 0 Å². The molecule has 0 aliphatic carbocycles. The summed E-state index contributed by atoms with van der Waals surface area (Å²) in [6.45, 7) is 4.88. The maximum atomic E-state index is 13.4. The Morgan fingerprint density at radius 1 is 1.12 bits per heavy atom. The molecule has 166 valence electrons. The monoisotopic (exact) mass is 431 g/mol. The van der Waals surface area contributed by atoms with Crippen molar-refractivity contribution in [2.24, 2.45) is 5.92 Å². The zero-order valence-electron chi connectivity index (χ0n) is 18.5. The Morgan fingerprint density at radius 3 is 2.59 bits per heavy atom. The average Bonchev–Trinajstić information content (AvgIpc) is 3.35. The van der Waals surface area contributed by atoms with E-state index in [-0.39, 0.29) is 23.6 Å². The summed E-state index contributed by atoms with van der Waals surface area (Å²) in [7, 11) is 0. The first kappa shape index (κ1) is 21.8. The lowest BCUT2D eigenvalue weighted by Gasteiger charge is -2.27. The van der Waals surface area contributed by atoms with Crippen LogP contribution in [0.2, 0.25) is 0 Å². The molecular weight excluding hydrogens is 402 g/mol. The van der Waals surface area contributed by atoms with Crippen LogP contribution in [0.15, 0.2) is 60.7 Å². The molecule has 2 aliphatic heterocycles. The van der Waals surface area contributed by atoms with Gasteiger partial charge in [-0.15, -0.1) is 0 Å². The first-order chi connectivity index (χ1) is 15.4. The highest BCUT2D eigenvalue weighted by molar-refractivity contribution is 6.07. The smallest absolute Gasteiger partial charge is 0.245 e. The molecule has 0 unspecified atom stereocenters. The summed E-state index contributed by atoms with van der Waals surface area (Å²) in [6, 6.07) is 16.6. The summed E-state index contributed by atoms with van der Waals surface area (Å²) in [5, 5.41) is 5.85. The van der Waals surface area contributed by atoms with E-state index in [4.69, 9.17) is 0 Å². The van der Waals surface area contributed by atoms with Crippen molar-refractivity contribution < 1.29 is 14.4 Å². The zero-order chi connectivity index (χ0) is 22.7. The number of fused-ring (bicyclic) bond motifs is 2. The summed E-state index contributed by atoms with van der Waals surface area (Å²) in [5.74, 6) is -0.251. The Morgan fingerprint density at radius 2 is 1.84 bits per heavy atom. The van der Waals surface area contributed by atoms with E-state index in [9.17, 15) is 14.4 Å². The van der Waals surface area contributed by atoms with E-state index in [1.54, 1.807) is 11.0 Å². The van der Waals surface area contributed by atoms with Crippen LogP contribution in [0.4, 0.5) is 5.69 Å². The molecule has 1 saturated heterocycles. The SMILES string of the molecule is CC(C)C[C@H](NC(=O)/C=C/c1ccccc1)C(=O)N1CC[C@@]2(C1)C(=O)Nc1ccccc12. The molecule has 2 atom stereocenters. The standard InChI is InChI=1S/C26H29N3O3/c1-18(2)16-22(27-23(30)13-12-19-8-4-3-5-9-19)24(31)29-15-14-26(17-29)20-10-6-7-11-21(20)28-25(26)32/h3-13,18,22H,14-17H2,1-2H3,(H,27,30)(H,28,32)/b13-12+/t22-,26-/m0/s1. The molecule has 2 N–H and O–H groups in total. The number of nitrogens with one attached hydrogen (secondary N) is 2. The van der Waals surface area contributed by atoms with Gasteiger partial charge in [-0.25, -0.2) is 0 Å². The van der Waals surface area contributed by atoms with Crippen molar-refractivity contribution in [2.45, 2.75) is 38.1 Å². The van der Waals surface area contributed by atoms with Gasteiger partial charge in [-0.05, 0) is 42.0 Å². The third-order valence-electron chi connectivity index (χ3n) is 6.25. The second-order valence-corrected chi connectivity index (χ2v) is 9.03. The van der Waals surface area contributed by atoms with Gasteiger partial charge >= 0.3 is 0 Å². The van der Waals surface area contributed by atoms with Crippen molar-refractivity contribution in [3.8, 4) is 0 Å². The third kappa shape index (κ3) is 4.31. The van der Waals surface area contributed by atoms with E-state index in [2.05, 4.69) is 10.6 Å². The number of rotatable bonds is 6. The Hall–Kier alpha value is -3.41. The molecule has 0 radical (unpaired) electrons. The molecule has 2 aromatic carbocycles. The Labute approximate surface area is 188 Å². The molecule has 3 amide bonds. The number of likely N-dealkylation sites (tertiary alicyclic amines) is 1. The number of nitrogens with zero attached hydrogens (tertiary/aromatic N) is 1. The number of carbonyl (C=O) groups excluding carboxylic acids is 3. The zero-order valence-corrected chi connectivity index (χ0v) is 18.5. The summed E-state index contributed by atoms with van der Waals surface area (Å²) >= 11 is 0. The fraction of sp³-hybridized carbons (Fsp3) is 0.346. The predicted octanol–water partition coefficient (Wildman–Crippen LogP) is 3.35. The van der Waals surface area contributed by atoms with Crippen molar-refractivity contribution in [2.75, 3.05) is 18.4 Å². The molecule has 1 spiro atoms. The highest BCUT2D eigenvalue weighted by Gasteiger charge is 2.52. The third-order valence-corrected chi connectivity index (χ3v) is 6.25. The molecule has 2 aliphatic rings. The summed E-state index contributed by atoms with van der Waals surface area (Å²) in [5.41, 5.74) is 1.99. The maximum Gasteiger partial charge on any atom is 0.245 e. The van der Waals surface area contributed by atoms with Crippen molar-refractivity contribution in [1.29, 1.82) is 0 Å². The van der Waals surface area contributed by atoms with Gasteiger partial charge in [0.1, 0.15) is 6.04 Å². The predicted molar refractivity (Wildman–Crippen MR) is 125 cm³/mol. The van der Waals surface area contributed by atoms with Crippen LogP contribution in [0.1, 0.15) is 37.8 Å². The van der Waals surface area contributed by atoms with E-state index in [1.807, 2.05) is 68.4 Å². The van der Waals surface area contributed by atoms with Gasteiger partial charge in [0.2, 0.25) is 17.7 Å². The van der Waals surface area contributed by atoms with Crippen LogP contribution in [-0.2, 0) is 19.8 Å². The van der Waals surface area contributed by atoms with E-state index in [0.29, 0.717) is 25.9 Å². The van der Waals surface area contributed by atoms with Crippen molar-refractivity contribution in [3.05, 3.63) is 71.8 Å². The van der Waals surface area contributed by atoms with E-state index in [0.717, 1.165) is 16.8 Å². The molecule has 6 heteroatoms. The minimum Gasteiger partial charge on any atom is -0.341 e. The Kier molecular flexibility index (Phi) is 6.12. The molecule has 6 nitrogen and oxygen atoms in total. The molecule has 2 aromatic rings. The molecule has 0 bridgehead atoms. The number of carbonyl (C=O) groups is 3. The maximum absolute atomic E-state index is 13.4. The van der Waals surface area contributed by atoms with Crippen LogP contribution in [0, 0.1) is 5.92 Å². The number of hydrogen-bond donors (Lipinski definition) is 2. The minimum absolute atomic E-state index is 0.0516. The Bertz CT molecular complexity index is 1050. The molecule has 1 fully saturated rings. The molecule has 4 rings (SSSR count). The summed E-state index contributed by atoms with van der Waals surface area (Å²) < 4.78 is 0. The van der Waals surface area contributed by atoms with Gasteiger partial charge in [-0.2, -0.15) is 0 Å². The van der Waals surface area contributed by atoms with Crippen molar-refractivity contribution in [3.63, 3.8) is 0 Å². The lowest BCUT2D eigenvalue weighted by atomic mass is 9.81. The quantitative estimate of drug-likeness (QED) is 0.689. The normalized spacial score (nSPS) is 20.6. The Balaban J connectivity index is 1.47. The highest BCUT2D eigenvalue weighted by Crippen LogP contribution is 2.44. The fourth-order valence-electron chi connectivity index (χ4n) is 4.65. The van der Waals surface area contributed by atoms with Gasteiger partial charge in [0.05, 0.1) is 5.41 Å². The lowest BCUT2D eigenvalue weighted by molar-refractivity contribution is -0.135. The fourth-order valence-corrected chi connectivity index (χ4v) is 4.65. The summed E-state index contributed by atoms with van der Waals surface area (Å²) in [4.78, 5) is 40.5. The molecule has 0 aromatic heterocycles. The van der Waals surface area contributed by atoms with Crippen LogP contribution in [-0.4, -0.2) is 41.8 Å². The average molecular weight is 432 g/mol. The number of amides is 3. The highest BCUT2D eigenvalue weighted by atomic mass is 16.2. The molecule has 0 saturated carbocycles. The van der Waals surface area contributed by atoms with Crippen LogP contribution in [0.25, 0.3) is 6.08 Å². The van der Waals surface area contributed by atoms with Gasteiger partial charge in [-0.3, -0.25) is 14.4 Å². The van der Waals surface area contributed by atoms with Crippen LogP contribution in [0.3, 0.4) is 0 Å². The number of benzene rings is 2. The van der Waals surface area contributed by atoms with Crippen molar-refractivity contribution >= 4 is 29.5 Å². The molecule has 32 heavy (non-hydrogen) atoms. The van der Waals surface area contributed by atoms with Crippen LogP contribution in [0.5, 0.6) is 0 Å². The topological polar surface area (TPSA) is 78.5 Å².